The van der Waals surface area contributed by atoms with E-state index in [0.717, 1.165) is 32.5 Å². The Balaban J connectivity index is 1.43. The fourth-order valence-corrected chi connectivity index (χ4v) is 4.15. The summed E-state index contributed by atoms with van der Waals surface area (Å²) in [7, 11) is 0. The van der Waals surface area contributed by atoms with E-state index in [4.69, 9.17) is 0 Å². The second kappa shape index (κ2) is 8.49. The maximum atomic E-state index is 12.7. The average molecular weight is 315 g/mol. The van der Waals surface area contributed by atoms with E-state index in [1.54, 1.807) is 4.90 Å². The highest BCUT2D eigenvalue weighted by Crippen LogP contribution is 2.16. The Morgan fingerprint density at radius 1 is 1.09 bits per heavy atom. The molecule has 0 aliphatic carbocycles. The lowest BCUT2D eigenvalue weighted by Gasteiger charge is -2.34. The number of nitrogens with one attached hydrogen (secondary N) is 1. The van der Waals surface area contributed by atoms with Crippen LogP contribution < -0.4 is 4.90 Å². The van der Waals surface area contributed by atoms with E-state index in [9.17, 15) is 4.79 Å². The van der Waals surface area contributed by atoms with E-state index >= 15 is 0 Å². The van der Waals surface area contributed by atoms with Gasteiger partial charge in [0.15, 0.2) is 0 Å². The van der Waals surface area contributed by atoms with Crippen molar-refractivity contribution in [1.82, 2.24) is 4.90 Å². The van der Waals surface area contributed by atoms with Crippen LogP contribution in [0.3, 0.4) is 0 Å². The molecule has 1 aromatic rings. The molecule has 3 nitrogen and oxygen atoms in total. The van der Waals surface area contributed by atoms with E-state index in [-0.39, 0.29) is 5.92 Å². The number of hydrogen-bond donors (Lipinski definition) is 1. The molecule has 0 spiro atoms. The number of amides is 1. The van der Waals surface area contributed by atoms with Gasteiger partial charge < -0.3 is 9.80 Å². The lowest BCUT2D eigenvalue weighted by molar-refractivity contribution is -0.907. The minimum absolute atomic E-state index is 0.286. The second-order valence-electron chi connectivity index (χ2n) is 7.27. The first-order chi connectivity index (χ1) is 11.3. The van der Waals surface area contributed by atoms with Crippen molar-refractivity contribution in [1.29, 1.82) is 0 Å². The van der Waals surface area contributed by atoms with Crippen LogP contribution in [0, 0.1) is 5.92 Å². The molecule has 3 heteroatoms. The van der Waals surface area contributed by atoms with E-state index in [2.05, 4.69) is 35.2 Å². The molecule has 0 radical (unpaired) electrons. The molecule has 2 heterocycles. The summed E-state index contributed by atoms with van der Waals surface area (Å²) in [5.74, 6) is 0.735. The number of aryl methyl sites for hydroxylation is 1. The quantitative estimate of drug-likeness (QED) is 0.882. The van der Waals surface area contributed by atoms with Gasteiger partial charge in [-0.3, -0.25) is 4.79 Å². The van der Waals surface area contributed by atoms with Crippen molar-refractivity contribution < 1.29 is 9.69 Å². The first-order valence-corrected chi connectivity index (χ1v) is 9.49. The van der Waals surface area contributed by atoms with Gasteiger partial charge in [-0.1, -0.05) is 30.3 Å². The highest BCUT2D eigenvalue weighted by atomic mass is 16.2. The van der Waals surface area contributed by atoms with E-state index in [0.29, 0.717) is 5.91 Å². The van der Waals surface area contributed by atoms with Gasteiger partial charge in [0.05, 0.1) is 25.6 Å². The van der Waals surface area contributed by atoms with Crippen molar-refractivity contribution in [2.24, 2.45) is 5.92 Å². The van der Waals surface area contributed by atoms with Crippen LogP contribution >= 0.6 is 0 Å². The molecule has 1 N–H and O–H groups in total. The van der Waals surface area contributed by atoms with Gasteiger partial charge in [0.2, 0.25) is 5.91 Å². The molecule has 2 unspecified atom stereocenters. The largest absolute Gasteiger partial charge is 0.342 e. The van der Waals surface area contributed by atoms with Gasteiger partial charge >= 0.3 is 0 Å². The normalized spacial score (nSPS) is 25.3. The number of rotatable bonds is 5. The van der Waals surface area contributed by atoms with Crippen LogP contribution in [0.5, 0.6) is 0 Å². The number of hydrogen-bond acceptors (Lipinski definition) is 1. The summed E-state index contributed by atoms with van der Waals surface area (Å²) in [5, 5.41) is 0. The molecule has 0 aromatic heterocycles. The summed E-state index contributed by atoms with van der Waals surface area (Å²) in [4.78, 5) is 16.5. The number of nitrogens with zero attached hydrogens (tertiary/aromatic N) is 1. The molecule has 1 aromatic carbocycles. The second-order valence-corrected chi connectivity index (χ2v) is 7.27. The zero-order chi connectivity index (χ0) is 15.9. The Morgan fingerprint density at radius 2 is 1.87 bits per heavy atom. The summed E-state index contributed by atoms with van der Waals surface area (Å²) in [6, 6.07) is 10.8. The van der Waals surface area contributed by atoms with Crippen molar-refractivity contribution in [2.75, 3.05) is 32.7 Å². The Labute approximate surface area is 140 Å². The van der Waals surface area contributed by atoms with Crippen molar-refractivity contribution in [3.8, 4) is 0 Å². The van der Waals surface area contributed by atoms with Crippen LogP contribution in [0.25, 0.3) is 0 Å². The predicted octanol–water partition coefficient (Wildman–Crippen LogP) is 1.93. The SMILES string of the molecule is O=C(C1CCC[NH+](CCCc2ccccc2)C1)N1CCCCC1. The molecule has 2 saturated heterocycles. The monoisotopic (exact) mass is 315 g/mol. The first kappa shape index (κ1) is 16.5. The molecule has 23 heavy (non-hydrogen) atoms. The minimum Gasteiger partial charge on any atom is -0.342 e. The summed E-state index contributed by atoms with van der Waals surface area (Å²) in [6.07, 6.45) is 8.41. The molecule has 2 atom stereocenters. The third kappa shape index (κ3) is 4.81. The van der Waals surface area contributed by atoms with E-state index < -0.39 is 0 Å². The molecule has 2 fully saturated rings. The van der Waals surface area contributed by atoms with Gasteiger partial charge in [-0.05, 0) is 44.1 Å². The van der Waals surface area contributed by atoms with Gasteiger partial charge in [-0.25, -0.2) is 0 Å². The van der Waals surface area contributed by atoms with Crippen LogP contribution in [0.1, 0.15) is 44.1 Å². The number of piperidine rings is 2. The van der Waals surface area contributed by atoms with E-state index in [1.165, 1.54) is 50.8 Å². The lowest BCUT2D eigenvalue weighted by Crippen LogP contribution is -3.13. The Kier molecular flexibility index (Phi) is 6.09. The molecule has 0 saturated carbocycles. The molecule has 3 rings (SSSR count). The number of carbonyl (C=O) groups is 1. The summed E-state index contributed by atoms with van der Waals surface area (Å²) >= 11 is 0. The standard InChI is InChI=1S/C20H30N2O/c23-20(22-15-5-2-6-16-22)19-12-8-14-21(17-19)13-7-11-18-9-3-1-4-10-18/h1,3-4,9-10,19H,2,5-8,11-17H2/p+1. The summed E-state index contributed by atoms with van der Waals surface area (Å²) < 4.78 is 0. The highest BCUT2D eigenvalue weighted by Gasteiger charge is 2.31. The maximum Gasteiger partial charge on any atom is 0.231 e. The minimum atomic E-state index is 0.286. The predicted molar refractivity (Wildman–Crippen MR) is 93.5 cm³/mol. The van der Waals surface area contributed by atoms with Gasteiger partial charge in [0, 0.05) is 19.5 Å². The third-order valence-electron chi connectivity index (χ3n) is 5.47. The topological polar surface area (TPSA) is 24.8 Å². The molecule has 126 valence electrons. The molecular formula is C20H31N2O+. The van der Waals surface area contributed by atoms with E-state index in [1.807, 2.05) is 0 Å². The summed E-state index contributed by atoms with van der Waals surface area (Å²) in [5.41, 5.74) is 1.44. The lowest BCUT2D eigenvalue weighted by atomic mass is 9.95. The van der Waals surface area contributed by atoms with Crippen LogP contribution in [-0.4, -0.2) is 43.5 Å². The molecule has 2 aliphatic rings. The number of quaternary nitrogens is 1. The van der Waals surface area contributed by atoms with Crippen molar-refractivity contribution in [3.63, 3.8) is 0 Å². The van der Waals surface area contributed by atoms with Gasteiger partial charge in [-0.2, -0.15) is 0 Å². The fourth-order valence-electron chi connectivity index (χ4n) is 4.15. The number of likely N-dealkylation sites (tertiary alicyclic amines) is 2. The van der Waals surface area contributed by atoms with Gasteiger partial charge in [0.25, 0.3) is 0 Å². The number of carbonyl (C=O) groups excluding carboxylic acids is 1. The summed E-state index contributed by atoms with van der Waals surface area (Å²) in [6.45, 7) is 5.51. The molecule has 0 bridgehead atoms. The average Bonchev–Trinajstić information content (AvgIpc) is 2.63. The smallest absolute Gasteiger partial charge is 0.231 e. The Bertz CT molecular complexity index is 482. The van der Waals surface area contributed by atoms with Crippen molar-refractivity contribution in [2.45, 2.75) is 44.9 Å². The van der Waals surface area contributed by atoms with Crippen LogP contribution in [0.2, 0.25) is 0 Å². The van der Waals surface area contributed by atoms with Crippen molar-refractivity contribution >= 4 is 5.91 Å². The number of benzene rings is 1. The maximum absolute atomic E-state index is 12.7. The Hall–Kier alpha value is -1.35. The molecule has 2 aliphatic heterocycles. The zero-order valence-electron chi connectivity index (χ0n) is 14.3. The van der Waals surface area contributed by atoms with Crippen molar-refractivity contribution in [3.05, 3.63) is 35.9 Å². The fraction of sp³-hybridized carbons (Fsp3) is 0.650. The first-order valence-electron chi connectivity index (χ1n) is 9.49. The highest BCUT2D eigenvalue weighted by molar-refractivity contribution is 5.79. The van der Waals surface area contributed by atoms with Crippen LogP contribution in [0.4, 0.5) is 0 Å². The third-order valence-corrected chi connectivity index (χ3v) is 5.47. The van der Waals surface area contributed by atoms with Gasteiger partial charge in [-0.15, -0.1) is 0 Å². The zero-order valence-corrected chi connectivity index (χ0v) is 14.3. The van der Waals surface area contributed by atoms with Gasteiger partial charge in [0.1, 0.15) is 0 Å². The Morgan fingerprint density at radius 3 is 2.65 bits per heavy atom. The van der Waals surface area contributed by atoms with Crippen LogP contribution in [-0.2, 0) is 11.2 Å². The van der Waals surface area contributed by atoms with Crippen LogP contribution in [0.15, 0.2) is 30.3 Å². The molecule has 1 amide bonds. The molecular weight excluding hydrogens is 284 g/mol.